The Morgan fingerprint density at radius 1 is 1.12 bits per heavy atom. The molecule has 0 spiro atoms. The first-order chi connectivity index (χ1) is 11.3. The molecule has 1 aromatic heterocycles. The summed E-state index contributed by atoms with van der Waals surface area (Å²) in [6.45, 7) is 7.86. The number of amides is 1. The SMILES string of the molecule is CC(=O)c1cc(C(=O)NC(C)c2ccc(CC(C)C)cc2)n(C)c1. The molecular weight excluding hydrogens is 300 g/mol. The van der Waals surface area contributed by atoms with Gasteiger partial charge >= 0.3 is 0 Å². The summed E-state index contributed by atoms with van der Waals surface area (Å²) in [5, 5.41) is 2.99. The number of Topliss-reactive ketones (excluding diaryl/α,β-unsaturated/α-hetero) is 1. The molecule has 1 aromatic carbocycles. The van der Waals surface area contributed by atoms with Gasteiger partial charge in [0.05, 0.1) is 6.04 Å². The van der Waals surface area contributed by atoms with Gasteiger partial charge in [-0.25, -0.2) is 0 Å². The molecule has 0 fully saturated rings. The van der Waals surface area contributed by atoms with Gasteiger partial charge in [0.2, 0.25) is 0 Å². The van der Waals surface area contributed by atoms with Crippen molar-refractivity contribution in [3.63, 3.8) is 0 Å². The van der Waals surface area contributed by atoms with E-state index in [0.717, 1.165) is 12.0 Å². The van der Waals surface area contributed by atoms with Crippen molar-refractivity contribution >= 4 is 11.7 Å². The first-order valence-electron chi connectivity index (χ1n) is 8.35. The van der Waals surface area contributed by atoms with Gasteiger partial charge in [-0.2, -0.15) is 0 Å². The van der Waals surface area contributed by atoms with Crippen LogP contribution in [0.3, 0.4) is 0 Å². The molecule has 0 aliphatic carbocycles. The van der Waals surface area contributed by atoms with Crippen molar-refractivity contribution < 1.29 is 9.59 Å². The minimum absolute atomic E-state index is 0.0431. The van der Waals surface area contributed by atoms with Crippen LogP contribution in [-0.2, 0) is 13.5 Å². The molecule has 0 saturated carbocycles. The lowest BCUT2D eigenvalue weighted by Gasteiger charge is -2.15. The normalized spacial score (nSPS) is 12.2. The summed E-state index contributed by atoms with van der Waals surface area (Å²) in [5.41, 5.74) is 3.41. The molecule has 1 unspecified atom stereocenters. The maximum Gasteiger partial charge on any atom is 0.268 e. The van der Waals surface area contributed by atoms with Crippen LogP contribution in [0.25, 0.3) is 0 Å². The number of carbonyl (C=O) groups excluding carboxylic acids is 2. The Bertz CT molecular complexity index is 727. The largest absolute Gasteiger partial charge is 0.346 e. The first-order valence-corrected chi connectivity index (χ1v) is 8.35. The van der Waals surface area contributed by atoms with Gasteiger partial charge in [0, 0.05) is 18.8 Å². The molecule has 4 heteroatoms. The Hall–Kier alpha value is -2.36. The molecule has 1 N–H and O–H groups in total. The number of hydrogen-bond acceptors (Lipinski definition) is 2. The number of hydrogen-bond donors (Lipinski definition) is 1. The van der Waals surface area contributed by atoms with Crippen molar-refractivity contribution in [3.8, 4) is 0 Å². The second-order valence-corrected chi connectivity index (χ2v) is 6.82. The van der Waals surface area contributed by atoms with Crippen LogP contribution in [-0.4, -0.2) is 16.3 Å². The Balaban J connectivity index is 2.07. The highest BCUT2D eigenvalue weighted by molar-refractivity contribution is 5.99. The van der Waals surface area contributed by atoms with Gasteiger partial charge < -0.3 is 9.88 Å². The molecule has 1 heterocycles. The lowest BCUT2D eigenvalue weighted by molar-refractivity contribution is 0.0931. The summed E-state index contributed by atoms with van der Waals surface area (Å²) in [6.07, 6.45) is 2.74. The average molecular weight is 326 g/mol. The third-order valence-electron chi connectivity index (χ3n) is 4.12. The lowest BCUT2D eigenvalue weighted by Crippen LogP contribution is -2.28. The van der Waals surface area contributed by atoms with E-state index in [9.17, 15) is 9.59 Å². The monoisotopic (exact) mass is 326 g/mol. The molecule has 0 aliphatic rings. The summed E-state index contributed by atoms with van der Waals surface area (Å²) >= 11 is 0. The maximum absolute atomic E-state index is 12.5. The number of benzene rings is 1. The molecule has 1 amide bonds. The molecule has 1 atom stereocenters. The highest BCUT2D eigenvalue weighted by atomic mass is 16.2. The van der Waals surface area contributed by atoms with Gasteiger partial charge in [0.25, 0.3) is 5.91 Å². The van der Waals surface area contributed by atoms with Crippen LogP contribution in [0.1, 0.15) is 65.7 Å². The molecule has 0 radical (unpaired) electrons. The zero-order chi connectivity index (χ0) is 17.9. The number of nitrogens with zero attached hydrogens (tertiary/aromatic N) is 1. The van der Waals surface area contributed by atoms with Gasteiger partial charge in [-0.3, -0.25) is 9.59 Å². The van der Waals surface area contributed by atoms with E-state index < -0.39 is 0 Å². The van der Waals surface area contributed by atoms with Gasteiger partial charge in [-0.1, -0.05) is 38.1 Å². The number of aromatic nitrogens is 1. The van der Waals surface area contributed by atoms with Gasteiger partial charge in [0.1, 0.15) is 5.69 Å². The topological polar surface area (TPSA) is 51.1 Å². The number of carbonyl (C=O) groups is 2. The summed E-state index contributed by atoms with van der Waals surface area (Å²) in [7, 11) is 1.77. The molecular formula is C20H26N2O2. The zero-order valence-corrected chi connectivity index (χ0v) is 15.1. The molecule has 24 heavy (non-hydrogen) atoms. The van der Waals surface area contributed by atoms with E-state index in [1.54, 1.807) is 23.9 Å². The number of aryl methyl sites for hydroxylation is 1. The van der Waals surface area contributed by atoms with E-state index in [0.29, 0.717) is 17.2 Å². The van der Waals surface area contributed by atoms with E-state index in [-0.39, 0.29) is 17.7 Å². The zero-order valence-electron chi connectivity index (χ0n) is 15.1. The predicted octanol–water partition coefficient (Wildman–Crippen LogP) is 3.92. The van der Waals surface area contributed by atoms with E-state index in [4.69, 9.17) is 0 Å². The highest BCUT2D eigenvalue weighted by Crippen LogP contribution is 2.17. The molecule has 2 rings (SSSR count). The summed E-state index contributed by atoms with van der Waals surface area (Å²) in [5.74, 6) is 0.406. The van der Waals surface area contributed by atoms with Crippen LogP contribution < -0.4 is 5.32 Å². The highest BCUT2D eigenvalue weighted by Gasteiger charge is 2.16. The summed E-state index contributed by atoms with van der Waals surface area (Å²) in [6, 6.07) is 9.91. The Morgan fingerprint density at radius 3 is 2.25 bits per heavy atom. The van der Waals surface area contributed by atoms with E-state index in [2.05, 4.69) is 43.4 Å². The van der Waals surface area contributed by atoms with Crippen molar-refractivity contribution in [2.24, 2.45) is 13.0 Å². The van der Waals surface area contributed by atoms with Crippen molar-refractivity contribution in [1.29, 1.82) is 0 Å². The Labute approximate surface area is 143 Å². The third-order valence-corrected chi connectivity index (χ3v) is 4.12. The minimum Gasteiger partial charge on any atom is -0.346 e. The second kappa shape index (κ2) is 7.47. The molecule has 4 nitrogen and oxygen atoms in total. The summed E-state index contributed by atoms with van der Waals surface area (Å²) < 4.78 is 1.69. The lowest BCUT2D eigenvalue weighted by atomic mass is 10.00. The smallest absolute Gasteiger partial charge is 0.268 e. The van der Waals surface area contributed by atoms with Crippen LogP contribution >= 0.6 is 0 Å². The van der Waals surface area contributed by atoms with Crippen LogP contribution in [0.15, 0.2) is 36.5 Å². The molecule has 128 valence electrons. The van der Waals surface area contributed by atoms with Gasteiger partial charge in [-0.05, 0) is 43.4 Å². The minimum atomic E-state index is -0.177. The predicted molar refractivity (Wildman–Crippen MR) is 96.3 cm³/mol. The van der Waals surface area contributed by atoms with Crippen LogP contribution in [0, 0.1) is 5.92 Å². The number of ketones is 1. The van der Waals surface area contributed by atoms with Crippen molar-refractivity contribution in [3.05, 3.63) is 58.9 Å². The first kappa shape index (κ1) is 18.0. The third kappa shape index (κ3) is 4.34. The van der Waals surface area contributed by atoms with E-state index in [1.165, 1.54) is 12.5 Å². The Kier molecular flexibility index (Phi) is 5.60. The fraction of sp³-hybridized carbons (Fsp3) is 0.400. The fourth-order valence-electron chi connectivity index (χ4n) is 2.75. The van der Waals surface area contributed by atoms with Crippen LogP contribution in [0.2, 0.25) is 0 Å². The molecule has 0 saturated heterocycles. The van der Waals surface area contributed by atoms with Gasteiger partial charge in [0.15, 0.2) is 5.78 Å². The quantitative estimate of drug-likeness (QED) is 0.818. The summed E-state index contributed by atoms with van der Waals surface area (Å²) in [4.78, 5) is 23.9. The molecule has 2 aromatic rings. The standard InChI is InChI=1S/C20H26N2O2/c1-13(2)10-16-6-8-17(9-7-16)14(3)21-20(24)19-11-18(15(4)23)12-22(19)5/h6-9,11-14H,10H2,1-5H3,(H,21,24). The maximum atomic E-state index is 12.5. The number of rotatable bonds is 6. The van der Waals surface area contributed by atoms with Crippen molar-refractivity contribution in [1.82, 2.24) is 9.88 Å². The van der Waals surface area contributed by atoms with Crippen LogP contribution in [0.5, 0.6) is 0 Å². The van der Waals surface area contributed by atoms with Crippen molar-refractivity contribution in [2.45, 2.75) is 40.2 Å². The van der Waals surface area contributed by atoms with E-state index >= 15 is 0 Å². The molecule has 0 aliphatic heterocycles. The van der Waals surface area contributed by atoms with Gasteiger partial charge in [-0.15, -0.1) is 0 Å². The number of nitrogens with one attached hydrogen (secondary N) is 1. The van der Waals surface area contributed by atoms with Crippen LogP contribution in [0.4, 0.5) is 0 Å². The second-order valence-electron chi connectivity index (χ2n) is 6.82. The average Bonchev–Trinajstić information content (AvgIpc) is 2.89. The van der Waals surface area contributed by atoms with Crippen molar-refractivity contribution in [2.75, 3.05) is 0 Å². The Morgan fingerprint density at radius 2 is 1.75 bits per heavy atom. The molecule has 0 bridgehead atoms. The van der Waals surface area contributed by atoms with E-state index in [1.807, 2.05) is 6.92 Å². The fourth-order valence-corrected chi connectivity index (χ4v) is 2.75.